The maximum absolute atomic E-state index is 13.0. The van der Waals surface area contributed by atoms with Crippen LogP contribution in [0.3, 0.4) is 0 Å². The lowest BCUT2D eigenvalue weighted by Crippen LogP contribution is -2.25. The van der Waals surface area contributed by atoms with Gasteiger partial charge in [-0.25, -0.2) is 9.59 Å². The number of Topliss-reactive ketones (excluding diaryl/α,β-unsaturated/α-hetero) is 1. The van der Waals surface area contributed by atoms with E-state index in [1.807, 2.05) is 48.7 Å². The van der Waals surface area contributed by atoms with Gasteiger partial charge in [0.1, 0.15) is 0 Å². The Morgan fingerprint density at radius 1 is 0.867 bits per heavy atom. The van der Waals surface area contributed by atoms with Gasteiger partial charge in [0.15, 0.2) is 6.10 Å². The summed E-state index contributed by atoms with van der Waals surface area (Å²) in [5, 5.41) is 0. The van der Waals surface area contributed by atoms with Gasteiger partial charge in [-0.3, -0.25) is 4.79 Å². The molecule has 1 atom stereocenters. The minimum atomic E-state index is -0.956. The van der Waals surface area contributed by atoms with E-state index in [9.17, 15) is 14.4 Å². The molecule has 0 aliphatic rings. The van der Waals surface area contributed by atoms with Crippen LogP contribution in [0.2, 0.25) is 0 Å². The zero-order valence-electron chi connectivity index (χ0n) is 17.3. The molecule has 3 rings (SSSR count). The Hall–Kier alpha value is -3.67. The first-order chi connectivity index (χ1) is 14.3. The van der Waals surface area contributed by atoms with Gasteiger partial charge in [-0.1, -0.05) is 18.2 Å². The van der Waals surface area contributed by atoms with Crippen molar-refractivity contribution in [2.75, 3.05) is 7.11 Å². The molecule has 1 heterocycles. The molecule has 30 heavy (non-hydrogen) atoms. The van der Waals surface area contributed by atoms with Gasteiger partial charge in [0.25, 0.3) is 0 Å². The number of hydrogen-bond acceptors (Lipinski definition) is 5. The third kappa shape index (κ3) is 4.17. The van der Waals surface area contributed by atoms with E-state index in [4.69, 9.17) is 4.74 Å². The number of aromatic nitrogens is 1. The maximum Gasteiger partial charge on any atom is 0.338 e. The average molecular weight is 405 g/mol. The fourth-order valence-corrected chi connectivity index (χ4v) is 3.35. The maximum atomic E-state index is 13.0. The molecule has 0 N–H and O–H groups in total. The van der Waals surface area contributed by atoms with Gasteiger partial charge in [0.05, 0.1) is 18.2 Å². The Labute approximate surface area is 175 Å². The first-order valence-corrected chi connectivity index (χ1v) is 9.51. The second-order valence-electron chi connectivity index (χ2n) is 6.94. The lowest BCUT2D eigenvalue weighted by molar-refractivity contribution is 0.0318. The molecule has 0 saturated heterocycles. The number of carbonyl (C=O) groups is 3. The second-order valence-corrected chi connectivity index (χ2v) is 6.94. The van der Waals surface area contributed by atoms with Gasteiger partial charge in [-0.2, -0.15) is 0 Å². The summed E-state index contributed by atoms with van der Waals surface area (Å²) in [5.74, 6) is -1.40. The van der Waals surface area contributed by atoms with Crippen LogP contribution in [0.5, 0.6) is 0 Å². The van der Waals surface area contributed by atoms with E-state index in [0.29, 0.717) is 11.1 Å². The van der Waals surface area contributed by atoms with Crippen LogP contribution >= 0.6 is 0 Å². The molecular formula is C24H23NO5. The van der Waals surface area contributed by atoms with E-state index in [1.165, 1.54) is 31.4 Å². The molecule has 0 amide bonds. The van der Waals surface area contributed by atoms with Crippen LogP contribution in [0.4, 0.5) is 0 Å². The minimum Gasteiger partial charge on any atom is -0.465 e. The lowest BCUT2D eigenvalue weighted by Gasteiger charge is -2.13. The highest BCUT2D eigenvalue weighted by Gasteiger charge is 2.25. The summed E-state index contributed by atoms with van der Waals surface area (Å²) in [4.78, 5) is 36.9. The third-order valence-corrected chi connectivity index (χ3v) is 4.91. The highest BCUT2D eigenvalue weighted by atomic mass is 16.5. The van der Waals surface area contributed by atoms with Crippen molar-refractivity contribution in [3.63, 3.8) is 0 Å². The van der Waals surface area contributed by atoms with Crippen LogP contribution in [0, 0.1) is 13.8 Å². The first kappa shape index (κ1) is 21.0. The summed E-state index contributed by atoms with van der Waals surface area (Å²) in [6.45, 7) is 5.35. The molecule has 1 aromatic heterocycles. The molecule has 0 bridgehead atoms. The van der Waals surface area contributed by atoms with Crippen molar-refractivity contribution >= 4 is 17.7 Å². The van der Waals surface area contributed by atoms with Crippen molar-refractivity contribution in [3.05, 3.63) is 88.7 Å². The molecule has 154 valence electrons. The van der Waals surface area contributed by atoms with Gasteiger partial charge < -0.3 is 14.0 Å². The van der Waals surface area contributed by atoms with E-state index in [2.05, 4.69) is 4.74 Å². The van der Waals surface area contributed by atoms with Crippen molar-refractivity contribution < 1.29 is 23.9 Å². The fourth-order valence-electron chi connectivity index (χ4n) is 3.35. The topological polar surface area (TPSA) is 74.6 Å². The molecule has 0 aliphatic carbocycles. The molecule has 0 radical (unpaired) electrons. The summed E-state index contributed by atoms with van der Waals surface area (Å²) >= 11 is 0. The molecule has 3 aromatic rings. The Balaban J connectivity index is 1.76. The number of benzene rings is 2. The van der Waals surface area contributed by atoms with Crippen molar-refractivity contribution in [3.8, 4) is 5.69 Å². The normalized spacial score (nSPS) is 11.6. The van der Waals surface area contributed by atoms with E-state index in [0.717, 1.165) is 17.1 Å². The molecule has 0 saturated carbocycles. The standard InChI is InChI=1S/C24H23NO5/c1-15-14-21(16(2)25(15)20-8-6-5-7-9-20)22(26)17(3)30-24(28)19-12-10-18(11-13-19)23(27)29-4/h5-14,17H,1-4H3/t17-/m0/s1. The zero-order chi connectivity index (χ0) is 21.8. The van der Waals surface area contributed by atoms with E-state index in [-0.39, 0.29) is 11.3 Å². The Morgan fingerprint density at radius 2 is 1.43 bits per heavy atom. The molecular weight excluding hydrogens is 382 g/mol. The van der Waals surface area contributed by atoms with Crippen molar-refractivity contribution in [2.45, 2.75) is 26.9 Å². The molecule has 0 unspecified atom stereocenters. The highest BCUT2D eigenvalue weighted by Crippen LogP contribution is 2.22. The second kappa shape index (κ2) is 8.78. The summed E-state index contributed by atoms with van der Waals surface area (Å²) in [6.07, 6.45) is -0.956. The Bertz CT molecular complexity index is 1080. The monoisotopic (exact) mass is 405 g/mol. The van der Waals surface area contributed by atoms with Crippen LogP contribution < -0.4 is 0 Å². The zero-order valence-corrected chi connectivity index (χ0v) is 17.3. The van der Waals surface area contributed by atoms with Gasteiger partial charge >= 0.3 is 11.9 Å². The average Bonchev–Trinajstić information content (AvgIpc) is 3.06. The van der Waals surface area contributed by atoms with Crippen LogP contribution in [-0.4, -0.2) is 35.5 Å². The number of nitrogens with zero attached hydrogens (tertiary/aromatic N) is 1. The molecule has 2 aromatic carbocycles. The molecule has 6 nitrogen and oxygen atoms in total. The summed E-state index contributed by atoms with van der Waals surface area (Å²) < 4.78 is 12.0. The van der Waals surface area contributed by atoms with Gasteiger partial charge in [-0.05, 0) is 63.2 Å². The fraction of sp³-hybridized carbons (Fsp3) is 0.208. The molecule has 0 fully saturated rings. The number of ether oxygens (including phenoxy) is 2. The van der Waals surface area contributed by atoms with E-state index >= 15 is 0 Å². The quantitative estimate of drug-likeness (QED) is 0.451. The summed E-state index contributed by atoms with van der Waals surface area (Å²) in [5.41, 5.74) is 3.75. The lowest BCUT2D eigenvalue weighted by atomic mass is 10.1. The van der Waals surface area contributed by atoms with Crippen LogP contribution in [0.25, 0.3) is 5.69 Å². The van der Waals surface area contributed by atoms with Crippen molar-refractivity contribution in [2.24, 2.45) is 0 Å². The molecule has 0 aliphatic heterocycles. The Morgan fingerprint density at radius 3 is 2.00 bits per heavy atom. The number of carbonyl (C=O) groups excluding carboxylic acids is 3. The SMILES string of the molecule is COC(=O)c1ccc(C(=O)O[C@@H](C)C(=O)c2cc(C)n(-c3ccccc3)c2C)cc1. The number of ketones is 1. The third-order valence-electron chi connectivity index (χ3n) is 4.91. The van der Waals surface area contributed by atoms with Crippen LogP contribution in [0.15, 0.2) is 60.7 Å². The minimum absolute atomic E-state index is 0.247. The Kier molecular flexibility index (Phi) is 6.16. The largest absolute Gasteiger partial charge is 0.465 e. The summed E-state index contributed by atoms with van der Waals surface area (Å²) in [6, 6.07) is 17.4. The van der Waals surface area contributed by atoms with Crippen LogP contribution in [0.1, 0.15) is 49.4 Å². The van der Waals surface area contributed by atoms with Crippen molar-refractivity contribution in [1.29, 1.82) is 0 Å². The molecule has 0 spiro atoms. The summed E-state index contributed by atoms with van der Waals surface area (Å²) in [7, 11) is 1.28. The van der Waals surface area contributed by atoms with Gasteiger partial charge in [0, 0.05) is 22.6 Å². The predicted molar refractivity (Wildman–Crippen MR) is 112 cm³/mol. The number of esters is 2. The highest BCUT2D eigenvalue weighted by molar-refractivity contribution is 6.02. The van der Waals surface area contributed by atoms with E-state index < -0.39 is 18.0 Å². The van der Waals surface area contributed by atoms with E-state index in [1.54, 1.807) is 13.0 Å². The predicted octanol–water partition coefficient (Wildman–Crippen LogP) is 4.31. The first-order valence-electron chi connectivity index (χ1n) is 9.51. The number of methoxy groups -OCH3 is 1. The number of aryl methyl sites for hydroxylation is 1. The van der Waals surface area contributed by atoms with Crippen molar-refractivity contribution in [1.82, 2.24) is 4.57 Å². The number of hydrogen-bond donors (Lipinski definition) is 0. The molecule has 6 heteroatoms. The smallest absolute Gasteiger partial charge is 0.338 e. The van der Waals surface area contributed by atoms with Crippen LogP contribution in [-0.2, 0) is 9.47 Å². The van der Waals surface area contributed by atoms with Gasteiger partial charge in [-0.15, -0.1) is 0 Å². The van der Waals surface area contributed by atoms with Gasteiger partial charge in [0.2, 0.25) is 5.78 Å². The number of rotatable bonds is 6. The number of para-hydroxylation sites is 1.